The molecule has 33 heavy (non-hydrogen) atoms. The molecule has 0 atom stereocenters. The first-order chi connectivity index (χ1) is 15.7. The Kier molecular flexibility index (Phi) is 7.46. The Hall–Kier alpha value is -4.13. The maximum absolute atomic E-state index is 12.4. The monoisotopic (exact) mass is 444 g/mol. The average molecular weight is 445 g/mol. The van der Waals surface area contributed by atoms with E-state index in [0.29, 0.717) is 28.2 Å². The third-order valence-corrected chi connectivity index (χ3v) is 4.51. The van der Waals surface area contributed by atoms with Crippen LogP contribution >= 0.6 is 0 Å². The zero-order valence-electron chi connectivity index (χ0n) is 18.9. The van der Waals surface area contributed by atoms with Crippen LogP contribution in [0.15, 0.2) is 78.9 Å². The molecule has 0 radical (unpaired) electrons. The van der Waals surface area contributed by atoms with Crippen LogP contribution in [0, 0.1) is 0 Å². The standard InChI is InChI=1S/C26H28N4O3/c1-26(2,3)30-25(33)19-11-7-13-21(15-19)28-23(31)17-27-20-12-8-14-22(16-20)29-24(32)18-9-5-4-6-10-18/h4-16,27H,17H2,1-3H3,(H,28,31)(H,29,32)(H,30,33). The van der Waals surface area contributed by atoms with Crippen LogP contribution in [0.2, 0.25) is 0 Å². The number of benzene rings is 3. The first-order valence-corrected chi connectivity index (χ1v) is 10.6. The predicted octanol–water partition coefficient (Wildman–Crippen LogP) is 4.52. The van der Waals surface area contributed by atoms with Crippen molar-refractivity contribution in [3.8, 4) is 0 Å². The number of hydrogen-bond donors (Lipinski definition) is 4. The lowest BCUT2D eigenvalue weighted by Crippen LogP contribution is -2.40. The van der Waals surface area contributed by atoms with Gasteiger partial charge in [0, 0.05) is 33.7 Å². The Morgan fingerprint density at radius 3 is 1.97 bits per heavy atom. The molecular weight excluding hydrogens is 416 g/mol. The van der Waals surface area contributed by atoms with Crippen LogP contribution in [0.1, 0.15) is 41.5 Å². The molecule has 0 heterocycles. The van der Waals surface area contributed by atoms with Gasteiger partial charge in [0.1, 0.15) is 0 Å². The molecule has 0 unspecified atom stereocenters. The summed E-state index contributed by atoms with van der Waals surface area (Å²) in [5, 5.41) is 11.6. The number of hydrogen-bond acceptors (Lipinski definition) is 4. The summed E-state index contributed by atoms with van der Waals surface area (Å²) in [5.74, 6) is -0.672. The van der Waals surface area contributed by atoms with Gasteiger partial charge in [-0.25, -0.2) is 0 Å². The normalized spacial score (nSPS) is 10.8. The van der Waals surface area contributed by atoms with Crippen molar-refractivity contribution in [3.63, 3.8) is 0 Å². The maximum Gasteiger partial charge on any atom is 0.255 e. The SMILES string of the molecule is CC(C)(C)NC(=O)c1cccc(NC(=O)CNc2cccc(NC(=O)c3ccccc3)c2)c1. The Labute approximate surface area is 193 Å². The molecule has 3 aromatic rings. The number of rotatable bonds is 7. The van der Waals surface area contributed by atoms with Crippen molar-refractivity contribution in [2.75, 3.05) is 22.5 Å². The predicted molar refractivity (Wildman–Crippen MR) is 132 cm³/mol. The number of nitrogens with one attached hydrogen (secondary N) is 4. The highest BCUT2D eigenvalue weighted by atomic mass is 16.2. The fraction of sp³-hybridized carbons (Fsp3) is 0.192. The van der Waals surface area contributed by atoms with Crippen LogP contribution in [0.4, 0.5) is 17.1 Å². The second-order valence-electron chi connectivity index (χ2n) is 8.59. The lowest BCUT2D eigenvalue weighted by Gasteiger charge is -2.20. The fourth-order valence-corrected chi connectivity index (χ4v) is 3.04. The topological polar surface area (TPSA) is 99.3 Å². The van der Waals surface area contributed by atoms with Crippen LogP contribution in [-0.2, 0) is 4.79 Å². The number of carbonyl (C=O) groups excluding carboxylic acids is 3. The molecule has 7 nitrogen and oxygen atoms in total. The summed E-state index contributed by atoms with van der Waals surface area (Å²) in [5.41, 5.74) is 2.52. The molecule has 170 valence electrons. The van der Waals surface area contributed by atoms with E-state index in [0.717, 1.165) is 0 Å². The van der Waals surface area contributed by atoms with E-state index >= 15 is 0 Å². The summed E-state index contributed by atoms with van der Waals surface area (Å²) in [6, 6.07) is 22.9. The van der Waals surface area contributed by atoms with Gasteiger partial charge in [0.2, 0.25) is 5.91 Å². The van der Waals surface area contributed by atoms with Crippen LogP contribution in [-0.4, -0.2) is 29.8 Å². The minimum absolute atomic E-state index is 0.0223. The Balaban J connectivity index is 1.55. The summed E-state index contributed by atoms with van der Waals surface area (Å²) in [6.07, 6.45) is 0. The highest BCUT2D eigenvalue weighted by Gasteiger charge is 2.15. The van der Waals surface area contributed by atoms with Gasteiger partial charge in [-0.2, -0.15) is 0 Å². The van der Waals surface area contributed by atoms with Gasteiger partial charge >= 0.3 is 0 Å². The van der Waals surface area contributed by atoms with E-state index < -0.39 is 0 Å². The first kappa shape index (κ1) is 23.5. The Morgan fingerprint density at radius 1 is 0.667 bits per heavy atom. The average Bonchev–Trinajstić information content (AvgIpc) is 2.77. The molecule has 3 amide bonds. The highest BCUT2D eigenvalue weighted by Crippen LogP contribution is 2.17. The lowest BCUT2D eigenvalue weighted by molar-refractivity contribution is -0.114. The van der Waals surface area contributed by atoms with Gasteiger partial charge < -0.3 is 21.3 Å². The van der Waals surface area contributed by atoms with E-state index in [-0.39, 0.29) is 29.8 Å². The molecule has 0 saturated carbocycles. The Bertz CT molecular complexity index is 1140. The molecule has 0 bridgehead atoms. The fourth-order valence-electron chi connectivity index (χ4n) is 3.04. The van der Waals surface area contributed by atoms with Crippen molar-refractivity contribution >= 4 is 34.8 Å². The highest BCUT2D eigenvalue weighted by molar-refractivity contribution is 6.04. The molecule has 0 spiro atoms. The van der Waals surface area contributed by atoms with Gasteiger partial charge in [0.25, 0.3) is 11.8 Å². The zero-order valence-corrected chi connectivity index (χ0v) is 18.9. The quantitative estimate of drug-likeness (QED) is 0.431. The zero-order chi connectivity index (χ0) is 23.8. The van der Waals surface area contributed by atoms with Gasteiger partial charge in [0.05, 0.1) is 6.54 Å². The molecule has 7 heteroatoms. The van der Waals surface area contributed by atoms with Crippen LogP contribution < -0.4 is 21.3 Å². The molecule has 4 N–H and O–H groups in total. The number of anilines is 3. The minimum Gasteiger partial charge on any atom is -0.376 e. The van der Waals surface area contributed by atoms with Crippen LogP contribution in [0.3, 0.4) is 0 Å². The van der Waals surface area contributed by atoms with Crippen molar-refractivity contribution in [2.45, 2.75) is 26.3 Å². The van der Waals surface area contributed by atoms with E-state index in [9.17, 15) is 14.4 Å². The van der Waals surface area contributed by atoms with Crippen LogP contribution in [0.25, 0.3) is 0 Å². The van der Waals surface area contributed by atoms with Crippen molar-refractivity contribution < 1.29 is 14.4 Å². The van der Waals surface area contributed by atoms with E-state index in [4.69, 9.17) is 0 Å². The van der Waals surface area contributed by atoms with Crippen molar-refractivity contribution in [2.24, 2.45) is 0 Å². The molecule has 0 fully saturated rings. The second-order valence-corrected chi connectivity index (χ2v) is 8.59. The number of amides is 3. The van der Waals surface area contributed by atoms with Gasteiger partial charge in [-0.3, -0.25) is 14.4 Å². The smallest absolute Gasteiger partial charge is 0.255 e. The van der Waals surface area contributed by atoms with Gasteiger partial charge in [-0.05, 0) is 69.3 Å². The van der Waals surface area contributed by atoms with E-state index in [2.05, 4.69) is 21.3 Å². The van der Waals surface area contributed by atoms with Crippen molar-refractivity contribution in [3.05, 3.63) is 90.0 Å². The lowest BCUT2D eigenvalue weighted by atomic mass is 10.1. The molecule has 0 saturated heterocycles. The minimum atomic E-state index is -0.352. The first-order valence-electron chi connectivity index (χ1n) is 10.6. The van der Waals surface area contributed by atoms with Crippen molar-refractivity contribution in [1.82, 2.24) is 5.32 Å². The molecular formula is C26H28N4O3. The molecule has 0 aliphatic carbocycles. The van der Waals surface area contributed by atoms with E-state index in [1.165, 1.54) is 0 Å². The number of carbonyl (C=O) groups is 3. The molecule has 0 aromatic heterocycles. The molecule has 0 aliphatic heterocycles. The summed E-state index contributed by atoms with van der Waals surface area (Å²) in [6.45, 7) is 5.74. The third kappa shape index (κ3) is 7.50. The molecule has 3 rings (SSSR count). The van der Waals surface area contributed by atoms with Gasteiger partial charge in [-0.1, -0.05) is 30.3 Å². The largest absolute Gasteiger partial charge is 0.376 e. The van der Waals surface area contributed by atoms with Crippen molar-refractivity contribution in [1.29, 1.82) is 0 Å². The third-order valence-electron chi connectivity index (χ3n) is 4.51. The summed E-state index contributed by atoms with van der Waals surface area (Å²) < 4.78 is 0. The molecule has 3 aromatic carbocycles. The Morgan fingerprint density at radius 2 is 1.27 bits per heavy atom. The van der Waals surface area contributed by atoms with E-state index in [1.54, 1.807) is 66.7 Å². The summed E-state index contributed by atoms with van der Waals surface area (Å²) >= 11 is 0. The van der Waals surface area contributed by atoms with Gasteiger partial charge in [-0.15, -0.1) is 0 Å². The molecule has 0 aliphatic rings. The summed E-state index contributed by atoms with van der Waals surface area (Å²) in [7, 11) is 0. The maximum atomic E-state index is 12.4. The van der Waals surface area contributed by atoms with Crippen LogP contribution in [0.5, 0.6) is 0 Å². The second kappa shape index (κ2) is 10.5. The summed E-state index contributed by atoms with van der Waals surface area (Å²) in [4.78, 5) is 37.1. The van der Waals surface area contributed by atoms with Gasteiger partial charge in [0.15, 0.2) is 0 Å². The van der Waals surface area contributed by atoms with E-state index in [1.807, 2.05) is 32.9 Å².